The summed E-state index contributed by atoms with van der Waals surface area (Å²) in [5, 5.41) is 0. The van der Waals surface area contributed by atoms with Crippen LogP contribution >= 0.6 is 0 Å². The molecule has 2 rings (SSSR count). The molecule has 0 bridgehead atoms. The number of ether oxygens (including phenoxy) is 1. The molecule has 0 spiro atoms. The van der Waals surface area contributed by atoms with E-state index in [0.717, 1.165) is 17.0 Å². The second kappa shape index (κ2) is 4.87. The third-order valence-corrected chi connectivity index (χ3v) is 2.31. The minimum absolute atomic E-state index is 0.143. The molecule has 0 fully saturated rings. The number of aromatic nitrogens is 1. The minimum atomic E-state index is 0.143. The highest BCUT2D eigenvalue weighted by Crippen LogP contribution is 2.29. The van der Waals surface area contributed by atoms with Gasteiger partial charge in [-0.25, -0.2) is 0 Å². The Bertz CT molecular complexity index is 492. The Kier molecular flexibility index (Phi) is 3.28. The van der Waals surface area contributed by atoms with Gasteiger partial charge in [0, 0.05) is 5.56 Å². The molecular formula is C14H16N2O. The van der Waals surface area contributed by atoms with E-state index in [1.165, 1.54) is 0 Å². The van der Waals surface area contributed by atoms with Crippen LogP contribution in [0.25, 0.3) is 11.3 Å². The van der Waals surface area contributed by atoms with Crippen LogP contribution in [-0.2, 0) is 0 Å². The molecule has 0 aliphatic heterocycles. The van der Waals surface area contributed by atoms with Crippen LogP contribution in [0.3, 0.4) is 0 Å². The maximum atomic E-state index is 5.76. The number of nitrogens with two attached hydrogens (primary N) is 1. The predicted octanol–water partition coefficient (Wildman–Crippen LogP) is 3.12. The molecule has 0 aliphatic carbocycles. The summed E-state index contributed by atoms with van der Waals surface area (Å²) in [6.07, 6.45) is 1.80. The molecule has 0 amide bonds. The van der Waals surface area contributed by atoms with Gasteiger partial charge in [0.25, 0.3) is 0 Å². The van der Waals surface area contributed by atoms with Crippen molar-refractivity contribution < 1.29 is 4.74 Å². The lowest BCUT2D eigenvalue weighted by Gasteiger charge is -2.13. The third-order valence-electron chi connectivity index (χ3n) is 2.31. The average Bonchev–Trinajstić information content (AvgIpc) is 2.30. The molecule has 0 saturated heterocycles. The van der Waals surface area contributed by atoms with Crippen molar-refractivity contribution in [3.8, 4) is 17.0 Å². The minimum Gasteiger partial charge on any atom is -0.490 e. The molecule has 0 unspecified atom stereocenters. The highest BCUT2D eigenvalue weighted by Gasteiger charge is 2.07. The molecule has 1 aromatic carbocycles. The Labute approximate surface area is 101 Å². The van der Waals surface area contributed by atoms with Gasteiger partial charge in [-0.05, 0) is 38.1 Å². The van der Waals surface area contributed by atoms with E-state index in [0.29, 0.717) is 5.69 Å². The number of pyridine rings is 1. The van der Waals surface area contributed by atoms with Crippen LogP contribution in [0.2, 0.25) is 0 Å². The summed E-state index contributed by atoms with van der Waals surface area (Å²) in [5.74, 6) is 0.847. The van der Waals surface area contributed by atoms with Gasteiger partial charge < -0.3 is 10.5 Å². The number of nitrogens with zero attached hydrogens (tertiary/aromatic N) is 1. The lowest BCUT2D eigenvalue weighted by atomic mass is 10.1. The molecule has 0 radical (unpaired) electrons. The summed E-state index contributed by atoms with van der Waals surface area (Å²) in [7, 11) is 0. The van der Waals surface area contributed by atoms with Crippen molar-refractivity contribution in [1.82, 2.24) is 4.98 Å². The van der Waals surface area contributed by atoms with Crippen LogP contribution in [0.4, 0.5) is 5.69 Å². The molecular weight excluding hydrogens is 212 g/mol. The van der Waals surface area contributed by atoms with Crippen LogP contribution in [0.5, 0.6) is 5.75 Å². The lowest BCUT2D eigenvalue weighted by Crippen LogP contribution is -2.06. The second-order valence-corrected chi connectivity index (χ2v) is 4.14. The van der Waals surface area contributed by atoms with E-state index in [4.69, 9.17) is 10.5 Å². The van der Waals surface area contributed by atoms with E-state index in [9.17, 15) is 0 Å². The second-order valence-electron chi connectivity index (χ2n) is 4.14. The number of hydrogen-bond acceptors (Lipinski definition) is 3. The summed E-state index contributed by atoms with van der Waals surface area (Å²) < 4.78 is 5.76. The molecule has 2 N–H and O–H groups in total. The van der Waals surface area contributed by atoms with Crippen molar-refractivity contribution in [1.29, 1.82) is 0 Å². The van der Waals surface area contributed by atoms with Crippen LogP contribution in [0.1, 0.15) is 13.8 Å². The van der Waals surface area contributed by atoms with Gasteiger partial charge in [-0.2, -0.15) is 0 Å². The highest BCUT2D eigenvalue weighted by atomic mass is 16.5. The van der Waals surface area contributed by atoms with Gasteiger partial charge in [-0.15, -0.1) is 0 Å². The molecule has 1 aromatic heterocycles. The zero-order valence-electron chi connectivity index (χ0n) is 10.1. The molecule has 0 aliphatic rings. The summed E-state index contributed by atoms with van der Waals surface area (Å²) >= 11 is 0. The van der Waals surface area contributed by atoms with Gasteiger partial charge in [0.05, 0.1) is 23.7 Å². The Hall–Kier alpha value is -2.03. The van der Waals surface area contributed by atoms with Crippen molar-refractivity contribution in [2.75, 3.05) is 5.73 Å². The normalized spacial score (nSPS) is 10.5. The zero-order chi connectivity index (χ0) is 12.3. The topological polar surface area (TPSA) is 48.1 Å². The first-order chi connectivity index (χ1) is 8.16. The van der Waals surface area contributed by atoms with Gasteiger partial charge in [0.15, 0.2) is 0 Å². The number of para-hydroxylation sites is 1. The first-order valence-corrected chi connectivity index (χ1v) is 5.64. The first-order valence-electron chi connectivity index (χ1n) is 5.64. The molecule has 17 heavy (non-hydrogen) atoms. The zero-order valence-corrected chi connectivity index (χ0v) is 10.1. The fourth-order valence-electron chi connectivity index (χ4n) is 1.60. The van der Waals surface area contributed by atoms with Crippen LogP contribution < -0.4 is 10.5 Å². The number of benzene rings is 1. The van der Waals surface area contributed by atoms with E-state index >= 15 is 0 Å². The van der Waals surface area contributed by atoms with Crippen LogP contribution in [0.15, 0.2) is 42.6 Å². The Balaban J connectivity index is 2.40. The molecule has 2 aromatic rings. The number of nitrogen functional groups attached to an aromatic ring is 1. The fourth-order valence-corrected chi connectivity index (χ4v) is 1.60. The van der Waals surface area contributed by atoms with Gasteiger partial charge in [0.1, 0.15) is 5.75 Å². The van der Waals surface area contributed by atoms with Crippen molar-refractivity contribution >= 4 is 5.69 Å². The van der Waals surface area contributed by atoms with Crippen LogP contribution in [0, 0.1) is 0 Å². The Morgan fingerprint density at radius 1 is 1.12 bits per heavy atom. The third kappa shape index (κ3) is 2.75. The van der Waals surface area contributed by atoms with Gasteiger partial charge in [0.2, 0.25) is 0 Å². The summed E-state index contributed by atoms with van der Waals surface area (Å²) in [6.45, 7) is 4.01. The number of rotatable bonds is 3. The van der Waals surface area contributed by atoms with Gasteiger partial charge in [-0.1, -0.05) is 12.1 Å². The van der Waals surface area contributed by atoms with E-state index in [1.54, 1.807) is 6.20 Å². The van der Waals surface area contributed by atoms with Crippen molar-refractivity contribution in [2.45, 2.75) is 20.0 Å². The highest BCUT2D eigenvalue weighted by molar-refractivity contribution is 5.67. The van der Waals surface area contributed by atoms with E-state index in [1.807, 2.05) is 50.2 Å². The summed E-state index contributed by atoms with van der Waals surface area (Å²) in [4.78, 5) is 4.31. The predicted molar refractivity (Wildman–Crippen MR) is 69.8 cm³/mol. The molecule has 3 nitrogen and oxygen atoms in total. The smallest absolute Gasteiger partial charge is 0.129 e. The summed E-state index contributed by atoms with van der Waals surface area (Å²) in [6, 6.07) is 11.6. The summed E-state index contributed by atoms with van der Waals surface area (Å²) in [5.41, 5.74) is 8.15. The maximum absolute atomic E-state index is 5.76. The SMILES string of the molecule is CC(C)Oc1ccccc1-c1ccc(N)cn1. The van der Waals surface area contributed by atoms with Crippen LogP contribution in [-0.4, -0.2) is 11.1 Å². The molecule has 3 heteroatoms. The largest absolute Gasteiger partial charge is 0.490 e. The van der Waals surface area contributed by atoms with Crippen molar-refractivity contribution in [3.05, 3.63) is 42.6 Å². The van der Waals surface area contributed by atoms with E-state index in [-0.39, 0.29) is 6.10 Å². The monoisotopic (exact) mass is 228 g/mol. The van der Waals surface area contributed by atoms with Crippen molar-refractivity contribution in [2.24, 2.45) is 0 Å². The lowest BCUT2D eigenvalue weighted by molar-refractivity contribution is 0.243. The first kappa shape index (κ1) is 11.5. The van der Waals surface area contributed by atoms with E-state index in [2.05, 4.69) is 4.98 Å². The van der Waals surface area contributed by atoms with Gasteiger partial charge in [-0.3, -0.25) is 4.98 Å². The average molecular weight is 228 g/mol. The maximum Gasteiger partial charge on any atom is 0.129 e. The molecule has 1 heterocycles. The molecule has 88 valence electrons. The Morgan fingerprint density at radius 2 is 1.88 bits per heavy atom. The number of anilines is 1. The standard InChI is InChI=1S/C14H16N2O/c1-10(2)17-14-6-4-3-5-12(14)13-8-7-11(15)9-16-13/h3-10H,15H2,1-2H3. The Morgan fingerprint density at radius 3 is 2.53 bits per heavy atom. The number of hydrogen-bond donors (Lipinski definition) is 1. The molecule has 0 saturated carbocycles. The van der Waals surface area contributed by atoms with Gasteiger partial charge >= 0.3 is 0 Å². The van der Waals surface area contributed by atoms with E-state index < -0.39 is 0 Å². The van der Waals surface area contributed by atoms with Crippen molar-refractivity contribution in [3.63, 3.8) is 0 Å². The molecule has 0 atom stereocenters. The fraction of sp³-hybridized carbons (Fsp3) is 0.214. The quantitative estimate of drug-likeness (QED) is 0.878.